The van der Waals surface area contributed by atoms with Crippen LogP contribution in [0.1, 0.15) is 45.6 Å². The summed E-state index contributed by atoms with van der Waals surface area (Å²) in [6.07, 6.45) is 7.73. The number of anilines is 1. The van der Waals surface area contributed by atoms with Crippen LogP contribution in [0, 0.1) is 5.92 Å². The van der Waals surface area contributed by atoms with E-state index in [4.69, 9.17) is 15.2 Å². The molecule has 3 heterocycles. The summed E-state index contributed by atoms with van der Waals surface area (Å²) >= 11 is 0. The Labute approximate surface area is 182 Å². The minimum Gasteiger partial charge on any atom is -0.491 e. The third-order valence-corrected chi connectivity index (χ3v) is 6.64. The number of aliphatic hydroxyl groups excluding tert-OH is 1. The van der Waals surface area contributed by atoms with E-state index in [1.807, 2.05) is 18.2 Å². The fraction of sp³-hybridized carbons (Fsp3) is 0.500. The normalized spacial score (nSPS) is 24.9. The van der Waals surface area contributed by atoms with Crippen molar-refractivity contribution in [3.63, 3.8) is 0 Å². The van der Waals surface area contributed by atoms with Gasteiger partial charge in [0.15, 0.2) is 0 Å². The summed E-state index contributed by atoms with van der Waals surface area (Å²) in [4.78, 5) is 8.76. The summed E-state index contributed by atoms with van der Waals surface area (Å²) in [6, 6.07) is 8.40. The third-order valence-electron chi connectivity index (χ3n) is 6.64. The van der Waals surface area contributed by atoms with Crippen molar-refractivity contribution in [1.82, 2.24) is 14.5 Å². The minimum atomic E-state index is -0.0637. The molecule has 7 nitrogen and oxygen atoms in total. The van der Waals surface area contributed by atoms with Gasteiger partial charge in [-0.05, 0) is 63.1 Å². The highest BCUT2D eigenvalue weighted by Crippen LogP contribution is 2.43. The quantitative estimate of drug-likeness (QED) is 0.624. The number of rotatable bonds is 6. The average Bonchev–Trinajstić information content (AvgIpc) is 3.27. The second-order valence-electron chi connectivity index (χ2n) is 9.46. The summed E-state index contributed by atoms with van der Waals surface area (Å²) in [6.45, 7) is 5.03. The monoisotopic (exact) mass is 422 g/mol. The number of aromatic nitrogens is 3. The summed E-state index contributed by atoms with van der Waals surface area (Å²) < 4.78 is 14.3. The highest BCUT2D eigenvalue weighted by atomic mass is 16.6. The van der Waals surface area contributed by atoms with Crippen molar-refractivity contribution >= 4 is 16.9 Å². The molecule has 5 rings (SSSR count). The maximum absolute atomic E-state index is 9.40. The Balaban J connectivity index is 1.42. The molecular weight excluding hydrogens is 392 g/mol. The van der Waals surface area contributed by atoms with Crippen LogP contribution in [-0.2, 0) is 4.74 Å². The smallest absolute Gasteiger partial charge is 0.146 e. The van der Waals surface area contributed by atoms with Crippen LogP contribution in [0.3, 0.4) is 0 Å². The van der Waals surface area contributed by atoms with Crippen LogP contribution in [0.15, 0.2) is 36.8 Å². The Morgan fingerprint density at radius 2 is 2.13 bits per heavy atom. The van der Waals surface area contributed by atoms with Crippen molar-refractivity contribution in [1.29, 1.82) is 0 Å². The number of nitrogens with two attached hydrogens (primary N) is 1. The number of hydrogen-bond donors (Lipinski definition) is 2. The molecule has 1 aromatic carbocycles. The molecular formula is C24H30N4O3. The zero-order valence-corrected chi connectivity index (χ0v) is 18.1. The lowest BCUT2D eigenvalue weighted by Gasteiger charge is -2.35. The topological polar surface area (TPSA) is 95.4 Å². The van der Waals surface area contributed by atoms with Gasteiger partial charge in [-0.15, -0.1) is 0 Å². The number of fused-ring (bicyclic) bond motifs is 1. The molecule has 1 saturated carbocycles. The molecule has 164 valence electrons. The van der Waals surface area contributed by atoms with Gasteiger partial charge in [-0.3, -0.25) is 0 Å². The van der Waals surface area contributed by atoms with Crippen molar-refractivity contribution in [2.45, 2.75) is 57.3 Å². The average molecular weight is 423 g/mol. The highest BCUT2D eigenvalue weighted by molar-refractivity contribution is 6.00. The van der Waals surface area contributed by atoms with Crippen LogP contribution < -0.4 is 10.5 Å². The van der Waals surface area contributed by atoms with Gasteiger partial charge in [0.2, 0.25) is 0 Å². The van der Waals surface area contributed by atoms with Crippen LogP contribution in [-0.4, -0.2) is 44.6 Å². The van der Waals surface area contributed by atoms with Crippen molar-refractivity contribution in [3.05, 3.63) is 36.8 Å². The molecule has 1 aliphatic carbocycles. The molecule has 1 unspecified atom stereocenters. The standard InChI is InChI=1S/C24H30N4O3/c1-24(2)7-6-19(31-24)13-30-18-5-3-4-16(10-18)20-11-28(17-8-15(9-17)12-29)23-21(20)22(25)26-14-27-23/h3-5,10-11,14-15,17,19,29H,6-9,12-13H2,1-2H3,(H2,25,26,27)/t15-,17-,19?. The summed E-state index contributed by atoms with van der Waals surface area (Å²) in [5.74, 6) is 1.65. The first-order chi connectivity index (χ1) is 14.9. The first-order valence-electron chi connectivity index (χ1n) is 11.1. The number of benzene rings is 1. The van der Waals surface area contributed by atoms with Crippen LogP contribution in [0.4, 0.5) is 5.82 Å². The molecule has 0 amide bonds. The predicted molar refractivity (Wildman–Crippen MR) is 120 cm³/mol. The van der Waals surface area contributed by atoms with E-state index in [9.17, 15) is 5.11 Å². The van der Waals surface area contributed by atoms with Crippen LogP contribution in [0.2, 0.25) is 0 Å². The van der Waals surface area contributed by atoms with Gasteiger partial charge in [-0.2, -0.15) is 0 Å². The maximum Gasteiger partial charge on any atom is 0.146 e. The summed E-state index contributed by atoms with van der Waals surface area (Å²) in [5.41, 5.74) is 9.08. The van der Waals surface area contributed by atoms with Gasteiger partial charge >= 0.3 is 0 Å². The van der Waals surface area contributed by atoms with Crippen molar-refractivity contribution < 1.29 is 14.6 Å². The lowest BCUT2D eigenvalue weighted by molar-refractivity contribution is -0.0326. The first kappa shape index (κ1) is 20.3. The molecule has 2 fully saturated rings. The third kappa shape index (κ3) is 3.88. The molecule has 2 aliphatic rings. The Hall–Kier alpha value is -2.64. The highest BCUT2D eigenvalue weighted by Gasteiger charge is 2.33. The van der Waals surface area contributed by atoms with E-state index in [1.54, 1.807) is 0 Å². The molecule has 1 saturated heterocycles. The van der Waals surface area contributed by atoms with Gasteiger partial charge in [-0.25, -0.2) is 9.97 Å². The Morgan fingerprint density at radius 3 is 2.87 bits per heavy atom. The van der Waals surface area contributed by atoms with Crippen LogP contribution in [0.5, 0.6) is 5.75 Å². The van der Waals surface area contributed by atoms with E-state index < -0.39 is 0 Å². The fourth-order valence-corrected chi connectivity index (χ4v) is 4.82. The van der Waals surface area contributed by atoms with Gasteiger partial charge in [0, 0.05) is 24.4 Å². The molecule has 0 bridgehead atoms. The molecule has 0 spiro atoms. The number of nitrogen functional groups attached to an aromatic ring is 1. The number of hydrogen-bond acceptors (Lipinski definition) is 6. The number of ether oxygens (including phenoxy) is 2. The zero-order chi connectivity index (χ0) is 21.6. The molecule has 0 radical (unpaired) electrons. The van der Waals surface area contributed by atoms with E-state index in [-0.39, 0.29) is 18.3 Å². The summed E-state index contributed by atoms with van der Waals surface area (Å²) in [7, 11) is 0. The lowest BCUT2D eigenvalue weighted by atomic mass is 9.81. The Kier molecular flexibility index (Phi) is 5.10. The zero-order valence-electron chi connectivity index (χ0n) is 18.1. The van der Waals surface area contributed by atoms with Crippen molar-refractivity contribution in [2.75, 3.05) is 18.9 Å². The second-order valence-corrected chi connectivity index (χ2v) is 9.46. The van der Waals surface area contributed by atoms with Crippen molar-refractivity contribution in [2.24, 2.45) is 5.92 Å². The van der Waals surface area contributed by atoms with Crippen molar-refractivity contribution in [3.8, 4) is 16.9 Å². The maximum atomic E-state index is 9.40. The van der Waals surface area contributed by atoms with Gasteiger partial charge in [0.25, 0.3) is 0 Å². The van der Waals surface area contributed by atoms with Gasteiger partial charge < -0.3 is 24.9 Å². The lowest BCUT2D eigenvalue weighted by Crippen LogP contribution is -2.28. The van der Waals surface area contributed by atoms with Gasteiger partial charge in [0.1, 0.15) is 30.1 Å². The molecule has 2 aromatic heterocycles. The Bertz CT molecular complexity index is 1090. The molecule has 7 heteroatoms. The number of aliphatic hydroxyl groups is 1. The van der Waals surface area contributed by atoms with Crippen LogP contribution >= 0.6 is 0 Å². The van der Waals surface area contributed by atoms with E-state index >= 15 is 0 Å². The Morgan fingerprint density at radius 1 is 1.29 bits per heavy atom. The molecule has 1 atom stereocenters. The SMILES string of the molecule is CC1(C)CCC(COc2cccc(-c3cn([C@H]4C[C@H](CO)C4)c4ncnc(N)c34)c2)O1. The van der Waals surface area contributed by atoms with E-state index in [0.717, 1.165) is 53.6 Å². The largest absolute Gasteiger partial charge is 0.491 e. The number of nitrogens with zero attached hydrogens (tertiary/aromatic N) is 3. The van der Waals surface area contributed by atoms with Crippen LogP contribution in [0.25, 0.3) is 22.2 Å². The first-order valence-corrected chi connectivity index (χ1v) is 11.1. The second kappa shape index (κ2) is 7.80. The summed E-state index contributed by atoms with van der Waals surface area (Å²) in [5, 5.41) is 10.3. The van der Waals surface area contributed by atoms with Gasteiger partial charge in [-0.1, -0.05) is 12.1 Å². The fourth-order valence-electron chi connectivity index (χ4n) is 4.82. The molecule has 31 heavy (non-hydrogen) atoms. The van der Waals surface area contributed by atoms with E-state index in [1.165, 1.54) is 6.33 Å². The molecule has 1 aliphatic heterocycles. The molecule has 3 N–H and O–H groups in total. The minimum absolute atomic E-state index is 0.0637. The predicted octanol–water partition coefficient (Wildman–Crippen LogP) is 3.96. The van der Waals surface area contributed by atoms with Gasteiger partial charge in [0.05, 0.1) is 17.1 Å². The molecule has 3 aromatic rings. The van der Waals surface area contributed by atoms with E-state index in [0.29, 0.717) is 24.4 Å². The van der Waals surface area contributed by atoms with E-state index in [2.05, 4.69) is 40.6 Å².